The minimum atomic E-state index is 0.0180. The highest BCUT2D eigenvalue weighted by Gasteiger charge is 2.16. The average Bonchev–Trinajstić information content (AvgIpc) is 3.07. The highest BCUT2D eigenvalue weighted by Crippen LogP contribution is 2.17. The molecule has 0 saturated heterocycles. The number of amides is 1. The van der Waals surface area contributed by atoms with Crippen molar-refractivity contribution in [2.75, 3.05) is 6.54 Å². The van der Waals surface area contributed by atoms with E-state index in [4.69, 9.17) is 0 Å². The maximum Gasteiger partial charge on any atom is 0.254 e. The van der Waals surface area contributed by atoms with Gasteiger partial charge >= 0.3 is 0 Å². The summed E-state index contributed by atoms with van der Waals surface area (Å²) in [7, 11) is 1.72. The molecule has 0 atom stereocenters. The lowest BCUT2D eigenvalue weighted by molar-refractivity contribution is 0.0752. The topological polar surface area (TPSA) is 63.9 Å². The SMILES string of the molecule is CCN(Cc1ccccc1C)C(=O)c1ccc(-c2nnn(C)n2)cc1. The van der Waals surface area contributed by atoms with E-state index >= 15 is 0 Å². The third-order valence-corrected chi connectivity index (χ3v) is 4.19. The zero-order valence-corrected chi connectivity index (χ0v) is 14.7. The summed E-state index contributed by atoms with van der Waals surface area (Å²) in [4.78, 5) is 16.1. The van der Waals surface area contributed by atoms with Crippen molar-refractivity contribution in [1.82, 2.24) is 25.1 Å². The lowest BCUT2D eigenvalue weighted by Crippen LogP contribution is -2.30. The van der Waals surface area contributed by atoms with Crippen LogP contribution < -0.4 is 0 Å². The molecule has 1 aromatic heterocycles. The van der Waals surface area contributed by atoms with E-state index in [0.29, 0.717) is 24.5 Å². The zero-order chi connectivity index (χ0) is 17.8. The van der Waals surface area contributed by atoms with Crippen LogP contribution in [0.3, 0.4) is 0 Å². The number of aromatic nitrogens is 4. The molecule has 2 aromatic carbocycles. The van der Waals surface area contributed by atoms with Crippen LogP contribution in [-0.2, 0) is 13.6 Å². The first-order valence-electron chi connectivity index (χ1n) is 8.26. The van der Waals surface area contributed by atoms with Crippen molar-refractivity contribution in [1.29, 1.82) is 0 Å². The fourth-order valence-corrected chi connectivity index (χ4v) is 2.66. The molecule has 6 heteroatoms. The van der Waals surface area contributed by atoms with Crippen molar-refractivity contribution < 1.29 is 4.79 Å². The highest BCUT2D eigenvalue weighted by molar-refractivity contribution is 5.94. The van der Waals surface area contributed by atoms with Gasteiger partial charge in [0.25, 0.3) is 5.91 Å². The van der Waals surface area contributed by atoms with E-state index in [1.165, 1.54) is 10.4 Å². The van der Waals surface area contributed by atoms with Crippen LogP contribution in [0, 0.1) is 6.92 Å². The molecule has 0 fully saturated rings. The standard InChI is InChI=1S/C19H21N5O/c1-4-24(13-17-8-6-5-7-14(17)2)19(25)16-11-9-15(10-12-16)18-20-22-23(3)21-18/h5-12H,4,13H2,1-3H3. The van der Waals surface area contributed by atoms with E-state index in [2.05, 4.69) is 34.5 Å². The molecule has 0 aliphatic carbocycles. The molecule has 0 aliphatic heterocycles. The van der Waals surface area contributed by atoms with Gasteiger partial charge in [0.2, 0.25) is 5.82 Å². The number of nitrogens with zero attached hydrogens (tertiary/aromatic N) is 5. The third kappa shape index (κ3) is 3.74. The van der Waals surface area contributed by atoms with Crippen LogP contribution in [0.5, 0.6) is 0 Å². The fraction of sp³-hybridized carbons (Fsp3) is 0.263. The Morgan fingerprint density at radius 3 is 2.44 bits per heavy atom. The summed E-state index contributed by atoms with van der Waals surface area (Å²) in [5, 5.41) is 12.0. The van der Waals surface area contributed by atoms with Crippen molar-refractivity contribution in [3.8, 4) is 11.4 Å². The quantitative estimate of drug-likeness (QED) is 0.719. The van der Waals surface area contributed by atoms with E-state index in [-0.39, 0.29) is 5.91 Å². The number of rotatable bonds is 5. The number of carbonyl (C=O) groups excluding carboxylic acids is 1. The van der Waals surface area contributed by atoms with E-state index in [1.54, 1.807) is 7.05 Å². The van der Waals surface area contributed by atoms with E-state index in [1.807, 2.05) is 48.2 Å². The number of tetrazole rings is 1. The van der Waals surface area contributed by atoms with Crippen LogP contribution in [0.25, 0.3) is 11.4 Å². The van der Waals surface area contributed by atoms with Gasteiger partial charge in [-0.05, 0) is 42.3 Å². The molecule has 0 aliphatic rings. The fourth-order valence-electron chi connectivity index (χ4n) is 2.66. The summed E-state index contributed by atoms with van der Waals surface area (Å²) in [5.41, 5.74) is 3.85. The summed E-state index contributed by atoms with van der Waals surface area (Å²) >= 11 is 0. The smallest absolute Gasteiger partial charge is 0.254 e. The maximum absolute atomic E-state index is 12.8. The van der Waals surface area contributed by atoms with Crippen LogP contribution >= 0.6 is 0 Å². The molecule has 3 rings (SSSR count). The van der Waals surface area contributed by atoms with Crippen molar-refractivity contribution in [2.24, 2.45) is 7.05 Å². The molecule has 0 bridgehead atoms. The van der Waals surface area contributed by atoms with Gasteiger partial charge in [0.15, 0.2) is 0 Å². The van der Waals surface area contributed by atoms with Crippen LogP contribution in [0.15, 0.2) is 48.5 Å². The largest absolute Gasteiger partial charge is 0.335 e. The summed E-state index contributed by atoms with van der Waals surface area (Å²) in [5.74, 6) is 0.568. The Labute approximate surface area is 147 Å². The maximum atomic E-state index is 12.8. The molecule has 1 amide bonds. The Morgan fingerprint density at radius 2 is 1.84 bits per heavy atom. The third-order valence-electron chi connectivity index (χ3n) is 4.19. The van der Waals surface area contributed by atoms with Gasteiger partial charge in [-0.15, -0.1) is 10.2 Å². The molecule has 6 nitrogen and oxygen atoms in total. The lowest BCUT2D eigenvalue weighted by Gasteiger charge is -2.22. The lowest BCUT2D eigenvalue weighted by atomic mass is 10.1. The van der Waals surface area contributed by atoms with Crippen molar-refractivity contribution in [3.05, 3.63) is 65.2 Å². The summed E-state index contributed by atoms with van der Waals surface area (Å²) in [6.45, 7) is 5.32. The monoisotopic (exact) mass is 335 g/mol. The first-order chi connectivity index (χ1) is 12.1. The Bertz CT molecular complexity index is 870. The van der Waals surface area contributed by atoms with Gasteiger partial charge in [-0.3, -0.25) is 4.79 Å². The number of carbonyl (C=O) groups is 1. The van der Waals surface area contributed by atoms with Crippen molar-refractivity contribution >= 4 is 5.91 Å². The number of aryl methyl sites for hydroxylation is 2. The summed E-state index contributed by atoms with van der Waals surface area (Å²) in [6, 6.07) is 15.5. The molecular weight excluding hydrogens is 314 g/mol. The minimum Gasteiger partial charge on any atom is -0.335 e. The Morgan fingerprint density at radius 1 is 1.12 bits per heavy atom. The Balaban J connectivity index is 1.77. The molecule has 0 spiro atoms. The van der Waals surface area contributed by atoms with E-state index in [9.17, 15) is 4.79 Å². The van der Waals surface area contributed by atoms with Crippen molar-refractivity contribution in [3.63, 3.8) is 0 Å². The van der Waals surface area contributed by atoms with Crippen LogP contribution in [-0.4, -0.2) is 37.6 Å². The van der Waals surface area contributed by atoms with Gasteiger partial charge in [0, 0.05) is 24.2 Å². The van der Waals surface area contributed by atoms with Crippen LogP contribution in [0.1, 0.15) is 28.4 Å². The summed E-state index contributed by atoms with van der Waals surface area (Å²) in [6.07, 6.45) is 0. The van der Waals surface area contributed by atoms with Gasteiger partial charge in [0.05, 0.1) is 7.05 Å². The molecule has 0 N–H and O–H groups in total. The molecule has 3 aromatic rings. The summed E-state index contributed by atoms with van der Waals surface area (Å²) < 4.78 is 0. The Kier molecular flexibility index (Phi) is 4.88. The molecule has 1 heterocycles. The molecule has 128 valence electrons. The minimum absolute atomic E-state index is 0.0180. The first-order valence-corrected chi connectivity index (χ1v) is 8.26. The zero-order valence-electron chi connectivity index (χ0n) is 14.7. The molecule has 25 heavy (non-hydrogen) atoms. The van der Waals surface area contributed by atoms with E-state index < -0.39 is 0 Å². The van der Waals surface area contributed by atoms with Gasteiger partial charge in [0.1, 0.15) is 0 Å². The molecule has 0 radical (unpaired) electrons. The van der Waals surface area contributed by atoms with Gasteiger partial charge in [-0.25, -0.2) is 0 Å². The molecule has 0 saturated carbocycles. The normalized spacial score (nSPS) is 10.7. The van der Waals surface area contributed by atoms with Crippen molar-refractivity contribution in [2.45, 2.75) is 20.4 Å². The predicted molar refractivity (Wildman–Crippen MR) is 95.8 cm³/mol. The number of hydrogen-bond acceptors (Lipinski definition) is 4. The Hall–Kier alpha value is -3.02. The number of hydrogen-bond donors (Lipinski definition) is 0. The second-order valence-corrected chi connectivity index (χ2v) is 5.93. The number of benzene rings is 2. The molecule has 0 unspecified atom stereocenters. The van der Waals surface area contributed by atoms with Gasteiger partial charge in [-0.2, -0.15) is 4.80 Å². The second kappa shape index (κ2) is 7.25. The van der Waals surface area contributed by atoms with Gasteiger partial charge < -0.3 is 4.90 Å². The average molecular weight is 335 g/mol. The van der Waals surface area contributed by atoms with Gasteiger partial charge in [-0.1, -0.05) is 36.4 Å². The second-order valence-electron chi connectivity index (χ2n) is 5.93. The highest BCUT2D eigenvalue weighted by atomic mass is 16.2. The molecular formula is C19H21N5O. The van der Waals surface area contributed by atoms with Crippen LogP contribution in [0.2, 0.25) is 0 Å². The van der Waals surface area contributed by atoms with E-state index in [0.717, 1.165) is 11.1 Å². The van der Waals surface area contributed by atoms with Crippen LogP contribution in [0.4, 0.5) is 0 Å². The first kappa shape index (κ1) is 16.8. The predicted octanol–water partition coefficient (Wildman–Crippen LogP) is 2.85.